The van der Waals surface area contributed by atoms with Crippen LogP contribution in [0.5, 0.6) is 5.75 Å². The van der Waals surface area contributed by atoms with Gasteiger partial charge in [0.2, 0.25) is 0 Å². The molecule has 1 aliphatic heterocycles. The smallest absolute Gasteiger partial charge is 0.323 e. The van der Waals surface area contributed by atoms with Gasteiger partial charge in [0.05, 0.1) is 0 Å². The third-order valence-electron chi connectivity index (χ3n) is 6.24. The summed E-state index contributed by atoms with van der Waals surface area (Å²) in [4.78, 5) is 26.4. The van der Waals surface area contributed by atoms with Crippen LogP contribution in [0.2, 0.25) is 0 Å². The van der Waals surface area contributed by atoms with Gasteiger partial charge in [-0.15, -0.1) is 0 Å². The predicted octanol–water partition coefficient (Wildman–Crippen LogP) is 4.77. The molecule has 1 saturated carbocycles. The molecule has 2 aliphatic rings. The molecule has 3 aromatic carbocycles. The number of carbonyl (C=O) groups excluding carboxylic acids is 2. The van der Waals surface area contributed by atoms with Gasteiger partial charge in [-0.2, -0.15) is 0 Å². The van der Waals surface area contributed by atoms with Crippen LogP contribution in [0.25, 0.3) is 0 Å². The van der Waals surface area contributed by atoms with Gasteiger partial charge >= 0.3 is 5.97 Å². The van der Waals surface area contributed by atoms with E-state index in [-0.39, 0.29) is 23.6 Å². The van der Waals surface area contributed by atoms with Crippen LogP contribution in [0.1, 0.15) is 41.4 Å². The van der Waals surface area contributed by atoms with Gasteiger partial charge in [0.25, 0.3) is 0 Å². The van der Waals surface area contributed by atoms with Crippen molar-refractivity contribution < 1.29 is 14.3 Å². The molecule has 0 radical (unpaired) electrons. The molecule has 138 valence electrons. The first-order chi connectivity index (χ1) is 13.7. The number of fused-ring (bicyclic) bond motifs is 2. The van der Waals surface area contributed by atoms with E-state index in [0.29, 0.717) is 18.6 Å². The summed E-state index contributed by atoms with van der Waals surface area (Å²) < 4.78 is 5.79. The molecule has 2 atom stereocenters. The second-order valence-electron chi connectivity index (χ2n) is 7.63. The van der Waals surface area contributed by atoms with E-state index in [9.17, 15) is 9.59 Å². The van der Waals surface area contributed by atoms with Crippen LogP contribution in [0.15, 0.2) is 84.9 Å². The van der Waals surface area contributed by atoms with Crippen LogP contribution in [-0.4, -0.2) is 11.8 Å². The number of ketones is 1. The quantitative estimate of drug-likeness (QED) is 0.483. The van der Waals surface area contributed by atoms with Gasteiger partial charge < -0.3 is 4.74 Å². The van der Waals surface area contributed by atoms with E-state index in [4.69, 9.17) is 4.74 Å². The summed E-state index contributed by atoms with van der Waals surface area (Å²) in [6.45, 7) is 0. The normalized spacial score (nSPS) is 22.7. The molecule has 0 bridgehead atoms. The molecule has 3 nitrogen and oxygen atoms in total. The topological polar surface area (TPSA) is 43.4 Å². The number of hydrogen-bond acceptors (Lipinski definition) is 3. The molecule has 0 unspecified atom stereocenters. The fourth-order valence-electron chi connectivity index (χ4n) is 5.09. The summed E-state index contributed by atoms with van der Waals surface area (Å²) in [6.07, 6.45) is 0.688. The Kier molecular flexibility index (Phi) is 3.90. The largest absolute Gasteiger partial charge is 0.426 e. The van der Waals surface area contributed by atoms with E-state index in [1.807, 2.05) is 84.9 Å². The van der Waals surface area contributed by atoms with Gasteiger partial charge in [-0.25, -0.2) is 0 Å². The summed E-state index contributed by atoms with van der Waals surface area (Å²) >= 11 is 0. The van der Waals surface area contributed by atoms with Gasteiger partial charge in [0.1, 0.15) is 16.9 Å². The van der Waals surface area contributed by atoms with Crippen molar-refractivity contribution in [3.63, 3.8) is 0 Å². The van der Waals surface area contributed by atoms with E-state index in [1.165, 1.54) is 0 Å². The highest BCUT2D eigenvalue weighted by Gasteiger charge is 2.62. The van der Waals surface area contributed by atoms with Crippen LogP contribution in [0, 0.1) is 0 Å². The van der Waals surface area contributed by atoms with Crippen molar-refractivity contribution in [1.29, 1.82) is 0 Å². The molecule has 5 rings (SSSR count). The lowest BCUT2D eigenvalue weighted by molar-refractivity contribution is -0.142. The number of para-hydroxylation sites is 1. The maximum absolute atomic E-state index is 13.5. The number of Topliss-reactive ketones (excluding diaryl/α,β-unsaturated/α-hetero) is 1. The third kappa shape index (κ3) is 2.36. The zero-order chi connectivity index (χ0) is 19.1. The Balaban J connectivity index is 1.80. The van der Waals surface area contributed by atoms with Crippen molar-refractivity contribution in [2.75, 3.05) is 0 Å². The SMILES string of the molecule is O=C1C[C@H](c2ccccc2)C2(C(=O)Oc3ccccc32)[C@@H](c2ccccc2)C1. The summed E-state index contributed by atoms with van der Waals surface area (Å²) in [5, 5.41) is 0. The van der Waals surface area contributed by atoms with E-state index in [1.54, 1.807) is 0 Å². The lowest BCUT2D eigenvalue weighted by Gasteiger charge is -2.44. The molecule has 3 aromatic rings. The summed E-state index contributed by atoms with van der Waals surface area (Å²) in [7, 11) is 0. The molecule has 0 N–H and O–H groups in total. The molecular formula is C25H20O3. The van der Waals surface area contributed by atoms with Crippen LogP contribution < -0.4 is 4.74 Å². The Hall–Kier alpha value is -3.20. The number of carbonyl (C=O) groups is 2. The van der Waals surface area contributed by atoms with Crippen LogP contribution in [0.3, 0.4) is 0 Å². The van der Waals surface area contributed by atoms with Gasteiger partial charge in [-0.1, -0.05) is 78.9 Å². The summed E-state index contributed by atoms with van der Waals surface area (Å²) in [5.74, 6) is 0.0470. The Bertz CT molecular complexity index is 988. The molecule has 0 saturated heterocycles. The molecular weight excluding hydrogens is 348 g/mol. The number of esters is 1. The second-order valence-corrected chi connectivity index (χ2v) is 7.63. The zero-order valence-corrected chi connectivity index (χ0v) is 15.4. The molecule has 1 spiro atoms. The minimum Gasteiger partial charge on any atom is -0.426 e. The minimum absolute atomic E-state index is 0.186. The summed E-state index contributed by atoms with van der Waals surface area (Å²) in [6, 6.07) is 27.5. The Morgan fingerprint density at radius 3 is 1.75 bits per heavy atom. The van der Waals surface area contributed by atoms with Crippen molar-refractivity contribution in [3.8, 4) is 5.75 Å². The van der Waals surface area contributed by atoms with Crippen molar-refractivity contribution in [2.45, 2.75) is 30.1 Å². The molecule has 1 heterocycles. The highest BCUT2D eigenvalue weighted by Crippen LogP contribution is 2.60. The van der Waals surface area contributed by atoms with E-state index < -0.39 is 5.41 Å². The molecule has 1 fully saturated rings. The zero-order valence-electron chi connectivity index (χ0n) is 15.4. The third-order valence-corrected chi connectivity index (χ3v) is 6.24. The molecule has 3 heteroatoms. The predicted molar refractivity (Wildman–Crippen MR) is 106 cm³/mol. The minimum atomic E-state index is -0.896. The average molecular weight is 368 g/mol. The molecule has 0 amide bonds. The van der Waals surface area contributed by atoms with Crippen LogP contribution >= 0.6 is 0 Å². The first-order valence-electron chi connectivity index (χ1n) is 9.64. The second kappa shape index (κ2) is 6.45. The fraction of sp³-hybridized carbons (Fsp3) is 0.200. The number of ether oxygens (including phenoxy) is 1. The highest BCUT2D eigenvalue weighted by atomic mass is 16.5. The highest BCUT2D eigenvalue weighted by molar-refractivity contribution is 5.97. The van der Waals surface area contributed by atoms with E-state index in [2.05, 4.69) is 0 Å². The first kappa shape index (κ1) is 16.9. The van der Waals surface area contributed by atoms with Crippen molar-refractivity contribution >= 4 is 11.8 Å². The standard InChI is InChI=1S/C25H20O3/c26-19-15-21(17-9-3-1-4-10-17)25(22(16-19)18-11-5-2-6-12-18)20-13-7-8-14-23(20)28-24(25)27/h1-14,21-22H,15-16H2/t21-,22-/m1/s1. The van der Waals surface area contributed by atoms with E-state index >= 15 is 0 Å². The monoisotopic (exact) mass is 368 g/mol. The average Bonchev–Trinajstić information content (AvgIpc) is 3.03. The van der Waals surface area contributed by atoms with Crippen molar-refractivity contribution in [1.82, 2.24) is 0 Å². The fourth-order valence-corrected chi connectivity index (χ4v) is 5.09. The first-order valence-corrected chi connectivity index (χ1v) is 9.64. The van der Waals surface area contributed by atoms with Crippen molar-refractivity contribution in [3.05, 3.63) is 102 Å². The van der Waals surface area contributed by atoms with Crippen LogP contribution in [-0.2, 0) is 15.0 Å². The number of hydrogen-bond donors (Lipinski definition) is 0. The molecule has 0 aromatic heterocycles. The van der Waals surface area contributed by atoms with Gasteiger partial charge in [-0.05, 0) is 17.2 Å². The number of rotatable bonds is 2. The van der Waals surface area contributed by atoms with Crippen LogP contribution in [0.4, 0.5) is 0 Å². The van der Waals surface area contributed by atoms with Gasteiger partial charge in [-0.3, -0.25) is 9.59 Å². The number of benzene rings is 3. The maximum atomic E-state index is 13.5. The Morgan fingerprint density at radius 2 is 1.18 bits per heavy atom. The lowest BCUT2D eigenvalue weighted by atomic mass is 9.54. The van der Waals surface area contributed by atoms with Crippen molar-refractivity contribution in [2.24, 2.45) is 0 Å². The Labute approximate surface area is 164 Å². The molecule has 28 heavy (non-hydrogen) atoms. The lowest BCUT2D eigenvalue weighted by Crippen LogP contribution is -2.49. The Morgan fingerprint density at radius 1 is 0.679 bits per heavy atom. The molecule has 1 aliphatic carbocycles. The van der Waals surface area contributed by atoms with Gasteiger partial charge in [0, 0.05) is 30.2 Å². The maximum Gasteiger partial charge on any atom is 0.323 e. The van der Waals surface area contributed by atoms with Gasteiger partial charge in [0.15, 0.2) is 0 Å². The summed E-state index contributed by atoms with van der Waals surface area (Å²) in [5.41, 5.74) is 2.01. The van der Waals surface area contributed by atoms with E-state index in [0.717, 1.165) is 16.7 Å².